The van der Waals surface area contributed by atoms with Gasteiger partial charge in [0, 0.05) is 17.0 Å². The average Bonchev–Trinajstić information content (AvgIpc) is 2.61. The standard InChI is InChI=1S/C18H13ClN2O4/c19-13-6-2-4-8-15(13)21-17(23)10-25-18(24)12-9-16(22)20-14-7-3-1-5-11(12)14/h1-9H,10H2,(H,20,22)(H,21,23). The highest BCUT2D eigenvalue weighted by atomic mass is 35.5. The van der Waals surface area contributed by atoms with Gasteiger partial charge in [-0.05, 0) is 18.2 Å². The van der Waals surface area contributed by atoms with Gasteiger partial charge < -0.3 is 15.0 Å². The molecule has 1 heterocycles. The first-order chi connectivity index (χ1) is 12.0. The van der Waals surface area contributed by atoms with Gasteiger partial charge in [-0.25, -0.2) is 4.79 Å². The summed E-state index contributed by atoms with van der Waals surface area (Å²) in [6.07, 6.45) is 0. The van der Waals surface area contributed by atoms with Crippen molar-refractivity contribution in [2.45, 2.75) is 0 Å². The Labute approximate surface area is 147 Å². The van der Waals surface area contributed by atoms with Crippen molar-refractivity contribution >= 4 is 40.1 Å². The zero-order chi connectivity index (χ0) is 17.8. The number of benzene rings is 2. The molecular formula is C18H13ClN2O4. The number of pyridine rings is 1. The number of carbonyl (C=O) groups is 2. The molecule has 0 spiro atoms. The maximum atomic E-state index is 12.3. The second-order valence-corrected chi connectivity index (χ2v) is 5.60. The van der Waals surface area contributed by atoms with Crippen molar-refractivity contribution in [1.82, 2.24) is 4.98 Å². The second kappa shape index (κ2) is 7.19. The smallest absolute Gasteiger partial charge is 0.339 e. The fourth-order valence-electron chi connectivity index (χ4n) is 2.33. The van der Waals surface area contributed by atoms with Gasteiger partial charge in [0.1, 0.15) is 0 Å². The van der Waals surface area contributed by atoms with Crippen molar-refractivity contribution in [3.8, 4) is 0 Å². The average molecular weight is 357 g/mol. The molecule has 0 aliphatic carbocycles. The van der Waals surface area contributed by atoms with Crippen molar-refractivity contribution in [1.29, 1.82) is 0 Å². The third-order valence-electron chi connectivity index (χ3n) is 3.45. The molecule has 25 heavy (non-hydrogen) atoms. The van der Waals surface area contributed by atoms with E-state index in [1.165, 1.54) is 0 Å². The maximum Gasteiger partial charge on any atom is 0.339 e. The number of esters is 1. The predicted octanol–water partition coefficient (Wildman–Crippen LogP) is 2.98. The summed E-state index contributed by atoms with van der Waals surface area (Å²) in [6.45, 7) is -0.495. The molecular weight excluding hydrogens is 344 g/mol. The van der Waals surface area contributed by atoms with Gasteiger partial charge in [0.15, 0.2) is 6.61 Å². The number of rotatable bonds is 4. The molecule has 0 bridgehead atoms. The molecule has 3 aromatic rings. The van der Waals surface area contributed by atoms with Crippen LogP contribution >= 0.6 is 11.6 Å². The van der Waals surface area contributed by atoms with Crippen molar-refractivity contribution < 1.29 is 14.3 Å². The van der Waals surface area contributed by atoms with E-state index < -0.39 is 24.0 Å². The van der Waals surface area contributed by atoms with E-state index in [0.29, 0.717) is 21.6 Å². The summed E-state index contributed by atoms with van der Waals surface area (Å²) in [6, 6.07) is 14.7. The van der Waals surface area contributed by atoms with E-state index in [4.69, 9.17) is 16.3 Å². The van der Waals surface area contributed by atoms with Gasteiger partial charge in [-0.15, -0.1) is 0 Å². The third kappa shape index (κ3) is 3.87. The number of hydrogen-bond donors (Lipinski definition) is 2. The molecule has 0 aliphatic heterocycles. The Hall–Kier alpha value is -3.12. The van der Waals surface area contributed by atoms with Crippen molar-refractivity contribution in [3.63, 3.8) is 0 Å². The van der Waals surface area contributed by atoms with Gasteiger partial charge in [-0.3, -0.25) is 9.59 Å². The van der Waals surface area contributed by atoms with Crippen LogP contribution in [0.5, 0.6) is 0 Å². The summed E-state index contributed by atoms with van der Waals surface area (Å²) in [5.74, 6) is -1.28. The first-order valence-corrected chi connectivity index (χ1v) is 7.76. The first-order valence-electron chi connectivity index (χ1n) is 7.38. The Morgan fingerprint density at radius 3 is 2.60 bits per heavy atom. The number of amides is 1. The zero-order valence-electron chi connectivity index (χ0n) is 12.9. The van der Waals surface area contributed by atoms with Crippen LogP contribution < -0.4 is 10.9 Å². The van der Waals surface area contributed by atoms with Crippen LogP contribution in [0.15, 0.2) is 59.4 Å². The molecule has 0 aliphatic rings. The first kappa shape index (κ1) is 16.7. The number of anilines is 1. The zero-order valence-corrected chi connectivity index (χ0v) is 13.7. The third-order valence-corrected chi connectivity index (χ3v) is 3.78. The molecule has 0 radical (unpaired) electrons. The molecule has 0 saturated carbocycles. The minimum absolute atomic E-state index is 0.102. The fourth-order valence-corrected chi connectivity index (χ4v) is 2.51. The Morgan fingerprint density at radius 1 is 1.08 bits per heavy atom. The van der Waals surface area contributed by atoms with Crippen LogP contribution in [-0.4, -0.2) is 23.5 Å². The largest absolute Gasteiger partial charge is 0.452 e. The van der Waals surface area contributed by atoms with Crippen LogP contribution in [0.2, 0.25) is 5.02 Å². The van der Waals surface area contributed by atoms with Gasteiger partial charge in [-0.2, -0.15) is 0 Å². The predicted molar refractivity (Wildman–Crippen MR) is 94.9 cm³/mol. The molecule has 0 fully saturated rings. The van der Waals surface area contributed by atoms with Gasteiger partial charge in [0.25, 0.3) is 5.91 Å². The van der Waals surface area contributed by atoms with Crippen LogP contribution in [0.1, 0.15) is 10.4 Å². The lowest BCUT2D eigenvalue weighted by molar-refractivity contribution is -0.119. The van der Waals surface area contributed by atoms with E-state index in [2.05, 4.69) is 10.3 Å². The van der Waals surface area contributed by atoms with E-state index in [0.717, 1.165) is 6.07 Å². The highest BCUT2D eigenvalue weighted by molar-refractivity contribution is 6.33. The molecule has 1 aromatic heterocycles. The van der Waals surface area contributed by atoms with E-state index in [1.807, 2.05) is 0 Å². The van der Waals surface area contributed by atoms with Crippen molar-refractivity contribution in [2.75, 3.05) is 11.9 Å². The summed E-state index contributed by atoms with van der Waals surface area (Å²) < 4.78 is 5.02. The number of para-hydroxylation sites is 2. The molecule has 7 heteroatoms. The Kier molecular flexibility index (Phi) is 4.81. The topological polar surface area (TPSA) is 88.3 Å². The van der Waals surface area contributed by atoms with Crippen molar-refractivity contribution in [2.24, 2.45) is 0 Å². The summed E-state index contributed by atoms with van der Waals surface area (Å²) in [5, 5.41) is 3.47. The Morgan fingerprint density at radius 2 is 1.80 bits per heavy atom. The molecule has 1 amide bonds. The summed E-state index contributed by atoms with van der Waals surface area (Å²) in [4.78, 5) is 38.5. The molecule has 0 unspecified atom stereocenters. The second-order valence-electron chi connectivity index (χ2n) is 5.20. The van der Waals surface area contributed by atoms with Gasteiger partial charge in [0.05, 0.1) is 16.3 Å². The van der Waals surface area contributed by atoms with E-state index in [9.17, 15) is 14.4 Å². The van der Waals surface area contributed by atoms with Crippen LogP contribution in [0, 0.1) is 0 Å². The number of carbonyl (C=O) groups excluding carboxylic acids is 2. The highest BCUT2D eigenvalue weighted by Crippen LogP contribution is 2.20. The van der Waals surface area contributed by atoms with Crippen LogP contribution in [-0.2, 0) is 9.53 Å². The lowest BCUT2D eigenvalue weighted by atomic mass is 10.1. The van der Waals surface area contributed by atoms with Crippen LogP contribution in [0.3, 0.4) is 0 Å². The number of halogens is 1. The van der Waals surface area contributed by atoms with Gasteiger partial charge >= 0.3 is 5.97 Å². The van der Waals surface area contributed by atoms with E-state index >= 15 is 0 Å². The molecule has 3 rings (SSSR count). The number of hydrogen-bond acceptors (Lipinski definition) is 4. The van der Waals surface area contributed by atoms with Crippen LogP contribution in [0.4, 0.5) is 5.69 Å². The monoisotopic (exact) mass is 356 g/mol. The number of aromatic nitrogens is 1. The fraction of sp³-hybridized carbons (Fsp3) is 0.0556. The van der Waals surface area contributed by atoms with Gasteiger partial charge in [0.2, 0.25) is 5.56 Å². The number of aromatic amines is 1. The maximum absolute atomic E-state index is 12.3. The number of nitrogens with one attached hydrogen (secondary N) is 2. The Balaban J connectivity index is 1.72. The van der Waals surface area contributed by atoms with Gasteiger partial charge in [-0.1, -0.05) is 41.9 Å². The molecule has 126 valence electrons. The molecule has 2 aromatic carbocycles. The summed E-state index contributed by atoms with van der Waals surface area (Å²) >= 11 is 5.95. The number of fused-ring (bicyclic) bond motifs is 1. The van der Waals surface area contributed by atoms with E-state index in [1.54, 1.807) is 48.5 Å². The number of H-pyrrole nitrogens is 1. The quantitative estimate of drug-likeness (QED) is 0.703. The van der Waals surface area contributed by atoms with E-state index in [-0.39, 0.29) is 5.56 Å². The molecule has 2 N–H and O–H groups in total. The minimum Gasteiger partial charge on any atom is -0.452 e. The molecule has 0 atom stereocenters. The Bertz CT molecular complexity index is 1010. The number of ether oxygens (including phenoxy) is 1. The lowest BCUT2D eigenvalue weighted by Crippen LogP contribution is -2.22. The summed E-state index contributed by atoms with van der Waals surface area (Å²) in [7, 11) is 0. The van der Waals surface area contributed by atoms with Crippen molar-refractivity contribution in [3.05, 3.63) is 75.5 Å². The minimum atomic E-state index is -0.753. The van der Waals surface area contributed by atoms with Crippen LogP contribution in [0.25, 0.3) is 10.9 Å². The SMILES string of the molecule is O=C(COC(=O)c1cc(=O)[nH]c2ccccc12)Nc1ccccc1Cl. The highest BCUT2D eigenvalue weighted by Gasteiger charge is 2.15. The molecule has 0 saturated heterocycles. The lowest BCUT2D eigenvalue weighted by Gasteiger charge is -2.09. The summed E-state index contributed by atoms with van der Waals surface area (Å²) in [5.41, 5.74) is 0.616. The normalized spacial score (nSPS) is 10.4. The molecule has 6 nitrogen and oxygen atoms in total.